The van der Waals surface area contributed by atoms with Crippen LogP contribution in [0.3, 0.4) is 0 Å². The van der Waals surface area contributed by atoms with Gasteiger partial charge in [0.25, 0.3) is 0 Å². The SMILES string of the molecule is c1ccc2cc(-c3cccc4c3oc3cccc(-c5ccc6ccc7cccc8ccc5c6c78)c34)ccc2c1. The fraction of sp³-hybridized carbons (Fsp3) is 0. The lowest BCUT2D eigenvalue weighted by atomic mass is 9.88. The van der Waals surface area contributed by atoms with Gasteiger partial charge in [-0.05, 0) is 71.9 Å². The zero-order valence-corrected chi connectivity index (χ0v) is 21.1. The molecule has 1 heterocycles. The van der Waals surface area contributed by atoms with Crippen LogP contribution in [0.5, 0.6) is 0 Å². The lowest BCUT2D eigenvalue weighted by Gasteiger charge is -2.14. The van der Waals surface area contributed by atoms with Crippen LogP contribution in [0, 0.1) is 0 Å². The first-order chi connectivity index (χ1) is 19.3. The Labute approximate surface area is 224 Å². The molecule has 0 unspecified atom stereocenters. The summed E-state index contributed by atoms with van der Waals surface area (Å²) in [7, 11) is 0. The molecule has 0 amide bonds. The van der Waals surface area contributed by atoms with Gasteiger partial charge in [-0.15, -0.1) is 0 Å². The molecule has 0 N–H and O–H groups in total. The second-order valence-electron chi connectivity index (χ2n) is 10.5. The van der Waals surface area contributed by atoms with Crippen LogP contribution < -0.4 is 0 Å². The number of para-hydroxylation sites is 1. The summed E-state index contributed by atoms with van der Waals surface area (Å²) in [5.74, 6) is 0. The molecule has 1 aromatic heterocycles. The van der Waals surface area contributed by atoms with Gasteiger partial charge in [0.05, 0.1) is 0 Å². The molecule has 1 nitrogen and oxygen atoms in total. The quantitative estimate of drug-likeness (QED) is 0.218. The van der Waals surface area contributed by atoms with Crippen LogP contribution in [0.2, 0.25) is 0 Å². The van der Waals surface area contributed by atoms with Crippen molar-refractivity contribution in [1.82, 2.24) is 0 Å². The van der Waals surface area contributed by atoms with Crippen LogP contribution in [0.4, 0.5) is 0 Å². The van der Waals surface area contributed by atoms with E-state index in [0.717, 1.165) is 22.1 Å². The first kappa shape index (κ1) is 20.9. The molecule has 0 bridgehead atoms. The summed E-state index contributed by atoms with van der Waals surface area (Å²) >= 11 is 0. The highest BCUT2D eigenvalue weighted by molar-refractivity contribution is 6.27. The molecular formula is C38H22O. The van der Waals surface area contributed by atoms with E-state index < -0.39 is 0 Å². The lowest BCUT2D eigenvalue weighted by molar-refractivity contribution is 0.670. The van der Waals surface area contributed by atoms with Gasteiger partial charge in [0.1, 0.15) is 11.2 Å². The van der Waals surface area contributed by atoms with Gasteiger partial charge in [-0.2, -0.15) is 0 Å². The fourth-order valence-electron chi connectivity index (χ4n) is 6.63. The van der Waals surface area contributed by atoms with Crippen molar-refractivity contribution >= 4 is 65.0 Å². The summed E-state index contributed by atoms with van der Waals surface area (Å²) in [6.45, 7) is 0. The first-order valence-corrected chi connectivity index (χ1v) is 13.4. The normalized spacial score (nSPS) is 12.1. The summed E-state index contributed by atoms with van der Waals surface area (Å²) in [5.41, 5.74) is 6.60. The van der Waals surface area contributed by atoms with Gasteiger partial charge in [0.15, 0.2) is 0 Å². The molecule has 0 radical (unpaired) electrons. The largest absolute Gasteiger partial charge is 0.455 e. The van der Waals surface area contributed by atoms with Crippen molar-refractivity contribution in [2.45, 2.75) is 0 Å². The zero-order chi connectivity index (χ0) is 25.5. The monoisotopic (exact) mass is 494 g/mol. The molecule has 0 saturated heterocycles. The molecule has 0 aliphatic carbocycles. The second-order valence-corrected chi connectivity index (χ2v) is 10.5. The minimum atomic E-state index is 0.918. The van der Waals surface area contributed by atoms with Crippen molar-refractivity contribution in [2.24, 2.45) is 0 Å². The van der Waals surface area contributed by atoms with E-state index in [2.05, 4.69) is 133 Å². The van der Waals surface area contributed by atoms with E-state index in [4.69, 9.17) is 4.42 Å². The molecule has 0 spiro atoms. The Kier molecular flexibility index (Phi) is 4.11. The van der Waals surface area contributed by atoms with Gasteiger partial charge in [0, 0.05) is 16.3 Å². The second kappa shape index (κ2) is 7.69. The van der Waals surface area contributed by atoms with Crippen molar-refractivity contribution in [1.29, 1.82) is 0 Å². The highest BCUT2D eigenvalue weighted by atomic mass is 16.3. The predicted molar refractivity (Wildman–Crippen MR) is 166 cm³/mol. The number of hydrogen-bond donors (Lipinski definition) is 0. The maximum absolute atomic E-state index is 6.64. The van der Waals surface area contributed by atoms with Crippen LogP contribution in [-0.4, -0.2) is 0 Å². The van der Waals surface area contributed by atoms with Gasteiger partial charge in [-0.1, -0.05) is 121 Å². The third kappa shape index (κ3) is 2.90. The Morgan fingerprint density at radius 3 is 1.92 bits per heavy atom. The van der Waals surface area contributed by atoms with Crippen molar-refractivity contribution in [3.05, 3.63) is 133 Å². The maximum atomic E-state index is 6.64. The molecule has 0 atom stereocenters. The van der Waals surface area contributed by atoms with Crippen LogP contribution in [0.25, 0.3) is 87.3 Å². The van der Waals surface area contributed by atoms with E-state index in [1.807, 2.05) is 0 Å². The fourth-order valence-corrected chi connectivity index (χ4v) is 6.63. The number of benzene rings is 8. The van der Waals surface area contributed by atoms with Crippen LogP contribution in [0.15, 0.2) is 138 Å². The van der Waals surface area contributed by atoms with Crippen LogP contribution >= 0.6 is 0 Å². The number of hydrogen-bond acceptors (Lipinski definition) is 1. The van der Waals surface area contributed by atoms with Gasteiger partial charge in [-0.25, -0.2) is 0 Å². The number of furan rings is 1. The minimum absolute atomic E-state index is 0.918. The van der Waals surface area contributed by atoms with Gasteiger partial charge >= 0.3 is 0 Å². The Morgan fingerprint density at radius 2 is 1.03 bits per heavy atom. The molecule has 0 aliphatic heterocycles. The number of fused-ring (bicyclic) bond motifs is 4. The van der Waals surface area contributed by atoms with E-state index in [1.165, 1.54) is 65.2 Å². The average molecular weight is 495 g/mol. The highest BCUT2D eigenvalue weighted by Gasteiger charge is 2.18. The highest BCUT2D eigenvalue weighted by Crippen LogP contribution is 2.44. The standard InChI is InChI=1S/C38H22O/c1-2-7-27-22-28(17-14-23(27)6-1)29-10-4-12-33-37-31(11-5-13-34(37)39-38(29)33)30-20-18-26-16-15-24-8-3-9-25-19-21-32(30)36(26)35(24)25/h1-22H. The van der Waals surface area contributed by atoms with E-state index in [-0.39, 0.29) is 0 Å². The van der Waals surface area contributed by atoms with E-state index >= 15 is 0 Å². The topological polar surface area (TPSA) is 13.1 Å². The van der Waals surface area contributed by atoms with Gasteiger partial charge < -0.3 is 4.42 Å². The van der Waals surface area contributed by atoms with E-state index in [0.29, 0.717) is 0 Å². The average Bonchev–Trinajstić information content (AvgIpc) is 3.39. The van der Waals surface area contributed by atoms with Crippen molar-refractivity contribution in [3.8, 4) is 22.3 Å². The van der Waals surface area contributed by atoms with E-state index in [9.17, 15) is 0 Å². The van der Waals surface area contributed by atoms with Crippen LogP contribution in [-0.2, 0) is 0 Å². The minimum Gasteiger partial charge on any atom is -0.455 e. The van der Waals surface area contributed by atoms with Crippen molar-refractivity contribution in [3.63, 3.8) is 0 Å². The molecule has 1 heteroatoms. The molecule has 8 aromatic carbocycles. The molecule has 9 aromatic rings. The Bertz CT molecular complexity index is 2370. The number of rotatable bonds is 2. The Morgan fingerprint density at radius 1 is 0.359 bits per heavy atom. The van der Waals surface area contributed by atoms with E-state index in [1.54, 1.807) is 0 Å². The summed E-state index contributed by atoms with van der Waals surface area (Å²) in [4.78, 5) is 0. The molecule has 0 saturated carbocycles. The van der Waals surface area contributed by atoms with Gasteiger partial charge in [0.2, 0.25) is 0 Å². The smallest absolute Gasteiger partial charge is 0.143 e. The third-order valence-corrected chi connectivity index (χ3v) is 8.40. The lowest BCUT2D eigenvalue weighted by Crippen LogP contribution is -1.87. The van der Waals surface area contributed by atoms with Gasteiger partial charge in [-0.3, -0.25) is 0 Å². The third-order valence-electron chi connectivity index (χ3n) is 8.40. The van der Waals surface area contributed by atoms with Crippen molar-refractivity contribution in [2.75, 3.05) is 0 Å². The maximum Gasteiger partial charge on any atom is 0.143 e. The summed E-state index contributed by atoms with van der Waals surface area (Å²) in [6, 6.07) is 48.3. The predicted octanol–water partition coefficient (Wildman–Crippen LogP) is 11.0. The molecule has 0 aliphatic rings. The zero-order valence-electron chi connectivity index (χ0n) is 21.1. The molecule has 180 valence electrons. The summed E-state index contributed by atoms with van der Waals surface area (Å²) < 4.78 is 6.64. The van der Waals surface area contributed by atoms with Crippen LogP contribution in [0.1, 0.15) is 0 Å². The molecule has 39 heavy (non-hydrogen) atoms. The molecular weight excluding hydrogens is 472 g/mol. The Balaban J connectivity index is 1.34. The van der Waals surface area contributed by atoms with Crippen molar-refractivity contribution < 1.29 is 4.42 Å². The molecule has 9 rings (SSSR count). The Hall–Kier alpha value is -5.14. The first-order valence-electron chi connectivity index (χ1n) is 13.4. The summed E-state index contributed by atoms with van der Waals surface area (Å²) in [6.07, 6.45) is 0. The molecule has 0 fully saturated rings. The summed E-state index contributed by atoms with van der Waals surface area (Å²) in [5, 5.41) is 12.6.